The first kappa shape index (κ1) is 15.0. The van der Waals surface area contributed by atoms with E-state index in [-0.39, 0.29) is 0 Å². The van der Waals surface area contributed by atoms with Crippen molar-refractivity contribution in [3.63, 3.8) is 0 Å². The molecule has 0 spiro atoms. The number of carbonyl (C=O) groups is 1. The van der Waals surface area contributed by atoms with Crippen LogP contribution in [0.2, 0.25) is 5.02 Å². The average molecular weight is 271 g/mol. The third-order valence-corrected chi connectivity index (χ3v) is 3.10. The van der Waals surface area contributed by atoms with Gasteiger partial charge in [-0.05, 0) is 44.4 Å². The first-order valence-electron chi connectivity index (χ1n) is 5.97. The Morgan fingerprint density at radius 3 is 2.50 bits per heavy atom. The van der Waals surface area contributed by atoms with Crippen LogP contribution in [0.4, 0.5) is 0 Å². The normalized spacial score (nSPS) is 11.5. The molecule has 4 heteroatoms. The molecule has 18 heavy (non-hydrogen) atoms. The summed E-state index contributed by atoms with van der Waals surface area (Å²) in [7, 11) is 0. The molecule has 0 heterocycles. The summed E-state index contributed by atoms with van der Waals surface area (Å²) in [5.74, 6) is -0.764. The summed E-state index contributed by atoms with van der Waals surface area (Å²) in [4.78, 5) is 10.9. The first-order chi connectivity index (χ1) is 8.42. The Labute approximate surface area is 113 Å². The molecule has 0 radical (unpaired) electrons. The number of hydrogen-bond acceptors (Lipinski definition) is 2. The van der Waals surface area contributed by atoms with Crippen LogP contribution in [0.15, 0.2) is 24.3 Å². The highest BCUT2D eigenvalue weighted by Crippen LogP contribution is 2.22. The van der Waals surface area contributed by atoms with Crippen molar-refractivity contribution in [2.24, 2.45) is 5.41 Å². The third kappa shape index (κ3) is 5.07. The van der Waals surface area contributed by atoms with Crippen LogP contribution in [0, 0.1) is 5.41 Å². The lowest BCUT2D eigenvalue weighted by Crippen LogP contribution is -2.23. The molecule has 1 aromatic rings. The van der Waals surface area contributed by atoms with Crippen molar-refractivity contribution < 1.29 is 14.6 Å². The molecule has 0 aliphatic rings. The number of benzene rings is 1. The smallest absolute Gasteiger partial charge is 0.309 e. The summed E-state index contributed by atoms with van der Waals surface area (Å²) in [5, 5.41) is 9.66. The van der Waals surface area contributed by atoms with E-state index in [0.717, 1.165) is 12.0 Å². The van der Waals surface area contributed by atoms with Gasteiger partial charge in [-0.3, -0.25) is 4.79 Å². The molecule has 0 amide bonds. The highest BCUT2D eigenvalue weighted by atomic mass is 35.5. The third-order valence-electron chi connectivity index (χ3n) is 2.85. The zero-order valence-electron chi connectivity index (χ0n) is 10.8. The Morgan fingerprint density at radius 1 is 1.33 bits per heavy atom. The standard InChI is InChI=1S/C14H19ClO3/c1-14(2,13(16)17)8-3-9-18-10-11-4-6-12(15)7-5-11/h4-7H,3,8-10H2,1-2H3,(H,16,17). The van der Waals surface area contributed by atoms with Crippen molar-refractivity contribution in [1.82, 2.24) is 0 Å². The second-order valence-corrected chi connectivity index (χ2v) is 5.41. The maximum absolute atomic E-state index is 10.9. The first-order valence-corrected chi connectivity index (χ1v) is 6.35. The lowest BCUT2D eigenvalue weighted by Gasteiger charge is -2.18. The van der Waals surface area contributed by atoms with E-state index in [9.17, 15) is 4.79 Å². The van der Waals surface area contributed by atoms with Gasteiger partial charge in [0.25, 0.3) is 0 Å². The minimum atomic E-state index is -0.764. The van der Waals surface area contributed by atoms with Gasteiger partial charge in [0, 0.05) is 11.6 Å². The molecule has 1 N–H and O–H groups in total. The topological polar surface area (TPSA) is 46.5 Å². The summed E-state index contributed by atoms with van der Waals surface area (Å²) in [5.41, 5.74) is 0.390. The summed E-state index contributed by atoms with van der Waals surface area (Å²) in [6.07, 6.45) is 1.36. The van der Waals surface area contributed by atoms with E-state index in [1.54, 1.807) is 13.8 Å². The van der Waals surface area contributed by atoms with Crippen LogP contribution in [0.25, 0.3) is 0 Å². The SMILES string of the molecule is CC(C)(CCCOCc1ccc(Cl)cc1)C(=O)O. The van der Waals surface area contributed by atoms with Gasteiger partial charge in [-0.2, -0.15) is 0 Å². The van der Waals surface area contributed by atoms with Crippen molar-refractivity contribution in [3.8, 4) is 0 Å². The molecular formula is C14H19ClO3. The van der Waals surface area contributed by atoms with Crippen LogP contribution in [0.3, 0.4) is 0 Å². The van der Waals surface area contributed by atoms with Crippen LogP contribution in [-0.4, -0.2) is 17.7 Å². The second-order valence-electron chi connectivity index (χ2n) is 4.97. The van der Waals surface area contributed by atoms with E-state index < -0.39 is 11.4 Å². The minimum Gasteiger partial charge on any atom is -0.481 e. The molecule has 0 saturated carbocycles. The summed E-state index contributed by atoms with van der Waals surface area (Å²) < 4.78 is 5.50. The maximum Gasteiger partial charge on any atom is 0.309 e. The number of ether oxygens (including phenoxy) is 1. The fourth-order valence-electron chi connectivity index (χ4n) is 1.49. The van der Waals surface area contributed by atoms with Gasteiger partial charge in [-0.25, -0.2) is 0 Å². The fraction of sp³-hybridized carbons (Fsp3) is 0.500. The van der Waals surface area contributed by atoms with Gasteiger partial charge < -0.3 is 9.84 Å². The Hall–Kier alpha value is -1.06. The quantitative estimate of drug-likeness (QED) is 0.768. The molecule has 3 nitrogen and oxygen atoms in total. The second kappa shape index (κ2) is 6.76. The Morgan fingerprint density at radius 2 is 1.94 bits per heavy atom. The number of rotatable bonds is 7. The summed E-state index contributed by atoms with van der Waals surface area (Å²) >= 11 is 5.78. The van der Waals surface area contributed by atoms with Crippen molar-refractivity contribution in [3.05, 3.63) is 34.9 Å². The lowest BCUT2D eigenvalue weighted by molar-refractivity contribution is -0.147. The maximum atomic E-state index is 10.9. The molecule has 0 aromatic heterocycles. The molecule has 1 aromatic carbocycles. The molecule has 0 fully saturated rings. The molecule has 0 aliphatic heterocycles. The lowest BCUT2D eigenvalue weighted by atomic mass is 9.88. The summed E-state index contributed by atoms with van der Waals surface area (Å²) in [6.45, 7) is 4.56. The molecule has 0 aliphatic carbocycles. The fourth-order valence-corrected chi connectivity index (χ4v) is 1.62. The number of halogens is 1. The molecule has 1 rings (SSSR count). The van der Waals surface area contributed by atoms with Gasteiger partial charge >= 0.3 is 5.97 Å². The number of carboxylic acids is 1. The Kier molecular flexibility index (Phi) is 5.63. The zero-order chi connectivity index (χ0) is 13.6. The van der Waals surface area contributed by atoms with Gasteiger partial charge in [0.15, 0.2) is 0 Å². The Bertz CT molecular complexity index is 385. The van der Waals surface area contributed by atoms with Gasteiger partial charge in [-0.15, -0.1) is 0 Å². The van der Waals surface area contributed by atoms with Gasteiger partial charge in [-0.1, -0.05) is 23.7 Å². The van der Waals surface area contributed by atoms with Gasteiger partial charge in [0.1, 0.15) is 0 Å². The predicted molar refractivity (Wildman–Crippen MR) is 71.8 cm³/mol. The van der Waals surface area contributed by atoms with Crippen LogP contribution in [-0.2, 0) is 16.1 Å². The minimum absolute atomic E-state index is 0.532. The van der Waals surface area contributed by atoms with E-state index in [1.807, 2.05) is 24.3 Å². The number of aliphatic carboxylic acids is 1. The number of hydrogen-bond donors (Lipinski definition) is 1. The van der Waals surface area contributed by atoms with Gasteiger partial charge in [0.05, 0.1) is 12.0 Å². The molecule has 0 atom stereocenters. The largest absolute Gasteiger partial charge is 0.481 e. The molecular weight excluding hydrogens is 252 g/mol. The molecule has 100 valence electrons. The van der Waals surface area contributed by atoms with Crippen molar-refractivity contribution in [2.75, 3.05) is 6.61 Å². The van der Waals surface area contributed by atoms with Gasteiger partial charge in [0.2, 0.25) is 0 Å². The van der Waals surface area contributed by atoms with Crippen LogP contribution in [0.5, 0.6) is 0 Å². The summed E-state index contributed by atoms with van der Waals surface area (Å²) in [6, 6.07) is 7.49. The molecule has 0 bridgehead atoms. The van der Waals surface area contributed by atoms with Crippen LogP contribution in [0.1, 0.15) is 32.3 Å². The van der Waals surface area contributed by atoms with Crippen molar-refractivity contribution in [2.45, 2.75) is 33.3 Å². The monoisotopic (exact) mass is 270 g/mol. The molecule has 0 saturated heterocycles. The Balaban J connectivity index is 2.20. The van der Waals surface area contributed by atoms with E-state index >= 15 is 0 Å². The average Bonchev–Trinajstić information content (AvgIpc) is 2.31. The molecule has 0 unspecified atom stereocenters. The van der Waals surface area contributed by atoms with E-state index in [1.165, 1.54) is 0 Å². The van der Waals surface area contributed by atoms with Crippen molar-refractivity contribution >= 4 is 17.6 Å². The number of carboxylic acid groups (broad SMARTS) is 1. The highest BCUT2D eigenvalue weighted by Gasteiger charge is 2.25. The zero-order valence-corrected chi connectivity index (χ0v) is 11.5. The predicted octanol–water partition coefficient (Wildman–Crippen LogP) is 3.75. The van der Waals surface area contributed by atoms with E-state index in [4.69, 9.17) is 21.4 Å². The van der Waals surface area contributed by atoms with Crippen LogP contribution >= 0.6 is 11.6 Å². The van der Waals surface area contributed by atoms with Crippen molar-refractivity contribution in [1.29, 1.82) is 0 Å². The van der Waals surface area contributed by atoms with E-state index in [2.05, 4.69) is 0 Å². The highest BCUT2D eigenvalue weighted by molar-refractivity contribution is 6.30. The van der Waals surface area contributed by atoms with E-state index in [0.29, 0.717) is 24.7 Å². The van der Waals surface area contributed by atoms with Crippen LogP contribution < -0.4 is 0 Å².